The zero-order valence-corrected chi connectivity index (χ0v) is 23.5. The number of allylic oxidation sites excluding steroid dienone is 1. The number of ether oxygens (including phenoxy) is 2. The quantitative estimate of drug-likeness (QED) is 0.161. The molecule has 3 aromatic carbocycles. The van der Waals surface area contributed by atoms with E-state index in [0.717, 1.165) is 10.5 Å². The first-order valence-electron chi connectivity index (χ1n) is 12.5. The van der Waals surface area contributed by atoms with Crippen molar-refractivity contribution in [1.82, 2.24) is 5.32 Å². The maximum Gasteiger partial charge on any atom is 0.339 e. The maximum atomic E-state index is 13.4. The molecule has 11 heteroatoms. The van der Waals surface area contributed by atoms with Crippen molar-refractivity contribution in [3.8, 4) is 17.2 Å². The van der Waals surface area contributed by atoms with Crippen LogP contribution in [0.25, 0.3) is 6.08 Å². The van der Waals surface area contributed by atoms with Crippen molar-refractivity contribution < 1.29 is 36.5 Å². The van der Waals surface area contributed by atoms with E-state index in [1.807, 2.05) is 6.92 Å². The molecule has 1 aliphatic heterocycles. The standard InChI is InChI=1S/C30H28N2O8S/c1-5-7-21-16-20(18-26(39-6-2)27(21)40-41(36,37)24-14-8-19(3)9-15-24)17-25-28(33)31-30(35)32(29(25)34)22-10-12-23(38-4)13-11-22/h5,8-18H,1,6-7H2,2-4H3,(H,31,33,35)/b25-17+. The van der Waals surface area contributed by atoms with Crippen LogP contribution >= 0.6 is 0 Å². The highest BCUT2D eigenvalue weighted by molar-refractivity contribution is 7.87. The number of nitrogens with one attached hydrogen (secondary N) is 1. The summed E-state index contributed by atoms with van der Waals surface area (Å²) in [4.78, 5) is 39.5. The van der Waals surface area contributed by atoms with E-state index in [2.05, 4.69) is 11.9 Å². The molecular weight excluding hydrogens is 548 g/mol. The summed E-state index contributed by atoms with van der Waals surface area (Å²) in [5.74, 6) is -1.15. The van der Waals surface area contributed by atoms with Gasteiger partial charge in [0.25, 0.3) is 11.8 Å². The number of nitrogens with zero attached hydrogens (tertiary/aromatic N) is 1. The second kappa shape index (κ2) is 12.1. The van der Waals surface area contributed by atoms with Crippen molar-refractivity contribution in [2.24, 2.45) is 0 Å². The molecule has 0 radical (unpaired) electrons. The predicted octanol–water partition coefficient (Wildman–Crippen LogP) is 4.56. The van der Waals surface area contributed by atoms with Crippen LogP contribution in [0.15, 0.2) is 83.8 Å². The minimum Gasteiger partial charge on any atom is -0.497 e. The first-order chi connectivity index (χ1) is 19.6. The van der Waals surface area contributed by atoms with Crippen molar-refractivity contribution in [2.75, 3.05) is 18.6 Å². The Kier molecular flexibility index (Phi) is 8.58. The minimum absolute atomic E-state index is 0.0333. The normalized spacial score (nSPS) is 14.6. The summed E-state index contributed by atoms with van der Waals surface area (Å²) in [6, 6.07) is 14.5. The van der Waals surface area contributed by atoms with E-state index in [9.17, 15) is 22.8 Å². The molecule has 3 aromatic rings. The van der Waals surface area contributed by atoms with Gasteiger partial charge in [-0.25, -0.2) is 9.69 Å². The Morgan fingerprint density at radius 2 is 1.68 bits per heavy atom. The molecule has 0 aromatic heterocycles. The second-order valence-corrected chi connectivity index (χ2v) is 10.5. The number of benzene rings is 3. The molecule has 4 amide bonds. The van der Waals surface area contributed by atoms with Gasteiger partial charge in [-0.2, -0.15) is 8.42 Å². The number of hydrogen-bond donors (Lipinski definition) is 1. The van der Waals surface area contributed by atoms with Crippen LogP contribution in [0, 0.1) is 6.92 Å². The topological polar surface area (TPSA) is 128 Å². The highest BCUT2D eigenvalue weighted by Gasteiger charge is 2.37. The van der Waals surface area contributed by atoms with Crippen molar-refractivity contribution in [3.05, 3.63) is 95.6 Å². The number of aryl methyl sites for hydroxylation is 1. The van der Waals surface area contributed by atoms with E-state index in [4.69, 9.17) is 13.7 Å². The van der Waals surface area contributed by atoms with Crippen LogP contribution in [0.3, 0.4) is 0 Å². The van der Waals surface area contributed by atoms with E-state index >= 15 is 0 Å². The molecule has 1 fully saturated rings. The number of methoxy groups -OCH3 is 1. The third kappa shape index (κ3) is 6.30. The van der Waals surface area contributed by atoms with Gasteiger partial charge in [-0.05, 0) is 80.4 Å². The Hall–Kier alpha value is -4.90. The summed E-state index contributed by atoms with van der Waals surface area (Å²) in [5.41, 5.74) is 1.54. The van der Waals surface area contributed by atoms with Crippen LogP contribution in [0.1, 0.15) is 23.6 Å². The molecule has 1 saturated heterocycles. The fourth-order valence-electron chi connectivity index (χ4n) is 4.08. The fourth-order valence-corrected chi connectivity index (χ4v) is 5.06. The number of anilines is 1. The number of hydrogen-bond acceptors (Lipinski definition) is 8. The van der Waals surface area contributed by atoms with E-state index < -0.39 is 28.0 Å². The van der Waals surface area contributed by atoms with Gasteiger partial charge in [0, 0.05) is 5.56 Å². The highest BCUT2D eigenvalue weighted by Crippen LogP contribution is 2.37. The second-order valence-electron chi connectivity index (χ2n) is 8.94. The van der Waals surface area contributed by atoms with E-state index in [0.29, 0.717) is 16.9 Å². The van der Waals surface area contributed by atoms with Gasteiger partial charge in [-0.15, -0.1) is 6.58 Å². The molecule has 0 aliphatic carbocycles. The van der Waals surface area contributed by atoms with Crippen molar-refractivity contribution in [3.63, 3.8) is 0 Å². The zero-order chi connectivity index (χ0) is 29.7. The lowest BCUT2D eigenvalue weighted by molar-refractivity contribution is -0.122. The number of urea groups is 1. The first kappa shape index (κ1) is 29.1. The van der Waals surface area contributed by atoms with Crippen LogP contribution in [0.4, 0.5) is 10.5 Å². The minimum atomic E-state index is -4.22. The van der Waals surface area contributed by atoms with Gasteiger partial charge in [-0.1, -0.05) is 23.8 Å². The van der Waals surface area contributed by atoms with Crippen LogP contribution < -0.4 is 23.9 Å². The summed E-state index contributed by atoms with van der Waals surface area (Å²) in [5, 5.41) is 2.18. The van der Waals surface area contributed by atoms with Gasteiger partial charge in [0.05, 0.1) is 19.4 Å². The highest BCUT2D eigenvalue weighted by atomic mass is 32.2. The lowest BCUT2D eigenvalue weighted by Gasteiger charge is -2.26. The number of barbiturate groups is 1. The monoisotopic (exact) mass is 576 g/mol. The van der Waals surface area contributed by atoms with Crippen LogP contribution in [-0.4, -0.2) is 40.0 Å². The van der Waals surface area contributed by atoms with Gasteiger partial charge in [-0.3, -0.25) is 14.9 Å². The first-order valence-corrected chi connectivity index (χ1v) is 14.0. The number of imide groups is 2. The summed E-state index contributed by atoms with van der Waals surface area (Å²) < 4.78 is 42.6. The molecule has 10 nitrogen and oxygen atoms in total. The lowest BCUT2D eigenvalue weighted by atomic mass is 10.0. The van der Waals surface area contributed by atoms with E-state index in [-0.39, 0.29) is 40.7 Å². The number of carbonyl (C=O) groups is 3. The summed E-state index contributed by atoms with van der Waals surface area (Å²) in [6.07, 6.45) is 3.04. The summed E-state index contributed by atoms with van der Waals surface area (Å²) >= 11 is 0. The SMILES string of the molecule is C=CCc1cc(/C=C2\C(=O)NC(=O)N(c3ccc(OC)cc3)C2=O)cc(OCC)c1OS(=O)(=O)c1ccc(C)cc1. The number of carbonyl (C=O) groups excluding carboxylic acids is 3. The van der Waals surface area contributed by atoms with E-state index in [1.54, 1.807) is 43.3 Å². The van der Waals surface area contributed by atoms with Crippen molar-refractivity contribution in [2.45, 2.75) is 25.2 Å². The molecular formula is C30H28N2O8S. The lowest BCUT2D eigenvalue weighted by Crippen LogP contribution is -2.54. The molecule has 4 rings (SSSR count). The van der Waals surface area contributed by atoms with E-state index in [1.165, 1.54) is 43.5 Å². The Morgan fingerprint density at radius 1 is 1.00 bits per heavy atom. The van der Waals surface area contributed by atoms with Gasteiger partial charge in [0.1, 0.15) is 16.2 Å². The van der Waals surface area contributed by atoms with Crippen LogP contribution in [0.5, 0.6) is 17.2 Å². The molecule has 0 unspecified atom stereocenters. The predicted molar refractivity (Wildman–Crippen MR) is 153 cm³/mol. The molecule has 212 valence electrons. The van der Waals surface area contributed by atoms with Gasteiger partial charge >= 0.3 is 16.1 Å². The molecule has 41 heavy (non-hydrogen) atoms. The van der Waals surface area contributed by atoms with Crippen molar-refractivity contribution >= 4 is 39.7 Å². The van der Waals surface area contributed by atoms with Crippen LogP contribution in [-0.2, 0) is 26.1 Å². The smallest absolute Gasteiger partial charge is 0.339 e. The van der Waals surface area contributed by atoms with Crippen molar-refractivity contribution in [1.29, 1.82) is 0 Å². The van der Waals surface area contributed by atoms with Crippen LogP contribution in [0.2, 0.25) is 0 Å². The zero-order valence-electron chi connectivity index (χ0n) is 22.7. The van der Waals surface area contributed by atoms with Gasteiger partial charge < -0.3 is 13.7 Å². The number of amides is 4. The molecule has 0 spiro atoms. The third-order valence-corrected chi connectivity index (χ3v) is 7.30. The summed E-state index contributed by atoms with van der Waals surface area (Å²) in [6.45, 7) is 7.46. The summed E-state index contributed by atoms with van der Waals surface area (Å²) in [7, 11) is -2.73. The molecule has 0 bridgehead atoms. The molecule has 1 N–H and O–H groups in total. The van der Waals surface area contributed by atoms with Gasteiger partial charge in [0.15, 0.2) is 11.5 Å². The average Bonchev–Trinajstić information content (AvgIpc) is 2.93. The Bertz CT molecular complexity index is 1640. The molecule has 0 atom stereocenters. The average molecular weight is 577 g/mol. The fraction of sp³-hybridized carbons (Fsp3) is 0.167. The Morgan fingerprint density at radius 3 is 2.29 bits per heavy atom. The Balaban J connectivity index is 1.77. The number of rotatable bonds is 10. The third-order valence-electron chi connectivity index (χ3n) is 6.06. The Labute approximate surface area is 238 Å². The van der Waals surface area contributed by atoms with Gasteiger partial charge in [0.2, 0.25) is 0 Å². The largest absolute Gasteiger partial charge is 0.497 e. The maximum absolute atomic E-state index is 13.4. The molecule has 1 heterocycles. The molecule has 1 aliphatic rings. The molecule has 0 saturated carbocycles.